The lowest BCUT2D eigenvalue weighted by Crippen LogP contribution is -2.50. The lowest BCUT2D eigenvalue weighted by atomic mass is 9.97. The average Bonchev–Trinajstić information content (AvgIpc) is 2.30. The van der Waals surface area contributed by atoms with E-state index in [0.29, 0.717) is 5.69 Å². The highest BCUT2D eigenvalue weighted by Crippen LogP contribution is 2.18. The highest BCUT2D eigenvalue weighted by molar-refractivity contribution is 6.09. The van der Waals surface area contributed by atoms with Crippen LogP contribution in [0.25, 0.3) is 0 Å². The van der Waals surface area contributed by atoms with Gasteiger partial charge >= 0.3 is 5.97 Å². The Hall–Kier alpha value is -1.91. The standard InChI is InChI=1S/C12H14FNO3/c1-8(15)12(2,11(16)17-3)14-10-6-4-9(13)5-7-10/h4-7,14H,1-3H3. The molecule has 1 N–H and O–H groups in total. The first-order valence-electron chi connectivity index (χ1n) is 5.03. The van der Waals surface area contributed by atoms with Crippen LogP contribution in [0.5, 0.6) is 0 Å². The normalized spacial score (nSPS) is 13.6. The van der Waals surface area contributed by atoms with E-state index in [9.17, 15) is 14.0 Å². The Morgan fingerprint density at radius 3 is 2.24 bits per heavy atom. The van der Waals surface area contributed by atoms with E-state index >= 15 is 0 Å². The number of halogens is 1. The molecule has 0 saturated carbocycles. The molecule has 4 nitrogen and oxygen atoms in total. The van der Waals surface area contributed by atoms with E-state index in [4.69, 9.17) is 0 Å². The van der Waals surface area contributed by atoms with Crippen molar-refractivity contribution in [2.75, 3.05) is 12.4 Å². The van der Waals surface area contributed by atoms with Crippen molar-refractivity contribution < 1.29 is 18.7 Å². The third kappa shape index (κ3) is 2.81. The molecule has 0 aliphatic carbocycles. The molecule has 5 heteroatoms. The lowest BCUT2D eigenvalue weighted by Gasteiger charge is -2.26. The fourth-order valence-corrected chi connectivity index (χ4v) is 1.31. The Morgan fingerprint density at radius 2 is 1.82 bits per heavy atom. The van der Waals surface area contributed by atoms with Crippen LogP contribution in [0.4, 0.5) is 10.1 Å². The van der Waals surface area contributed by atoms with Crippen LogP contribution in [0, 0.1) is 5.82 Å². The molecule has 1 rings (SSSR count). The van der Waals surface area contributed by atoms with Gasteiger partial charge in [0.05, 0.1) is 7.11 Å². The van der Waals surface area contributed by atoms with Crippen LogP contribution in [0.2, 0.25) is 0 Å². The van der Waals surface area contributed by atoms with Crippen LogP contribution in [0.3, 0.4) is 0 Å². The zero-order valence-corrected chi connectivity index (χ0v) is 9.91. The van der Waals surface area contributed by atoms with Gasteiger partial charge in [0.25, 0.3) is 0 Å². The monoisotopic (exact) mass is 239 g/mol. The number of esters is 1. The Bertz CT molecular complexity index is 430. The van der Waals surface area contributed by atoms with E-state index in [1.165, 1.54) is 45.2 Å². The first-order chi connectivity index (χ1) is 7.90. The number of nitrogens with one attached hydrogen (secondary N) is 1. The smallest absolute Gasteiger partial charge is 0.339 e. The molecule has 0 heterocycles. The Kier molecular flexibility index (Phi) is 3.83. The van der Waals surface area contributed by atoms with Crippen molar-refractivity contribution in [1.82, 2.24) is 0 Å². The number of hydrogen-bond donors (Lipinski definition) is 1. The molecule has 1 aromatic carbocycles. The molecule has 0 aliphatic heterocycles. The number of ketones is 1. The molecular weight excluding hydrogens is 225 g/mol. The summed E-state index contributed by atoms with van der Waals surface area (Å²) in [6, 6.07) is 5.36. The summed E-state index contributed by atoms with van der Waals surface area (Å²) in [7, 11) is 1.20. The van der Waals surface area contributed by atoms with Gasteiger partial charge in [0.1, 0.15) is 5.82 Å². The number of methoxy groups -OCH3 is 1. The maximum atomic E-state index is 12.7. The maximum Gasteiger partial charge on any atom is 0.339 e. The van der Waals surface area contributed by atoms with Crippen molar-refractivity contribution in [1.29, 1.82) is 0 Å². The van der Waals surface area contributed by atoms with Crippen molar-refractivity contribution in [2.24, 2.45) is 0 Å². The molecule has 92 valence electrons. The summed E-state index contributed by atoms with van der Waals surface area (Å²) in [4.78, 5) is 23.1. The molecule has 1 unspecified atom stereocenters. The second kappa shape index (κ2) is 4.95. The number of carbonyl (C=O) groups is 2. The molecule has 0 spiro atoms. The Labute approximate surface area is 98.8 Å². The van der Waals surface area contributed by atoms with Gasteiger partial charge in [-0.05, 0) is 38.1 Å². The first-order valence-corrected chi connectivity index (χ1v) is 5.03. The summed E-state index contributed by atoms with van der Waals surface area (Å²) in [5.41, 5.74) is -0.999. The average molecular weight is 239 g/mol. The van der Waals surface area contributed by atoms with Gasteiger partial charge in [-0.15, -0.1) is 0 Å². The van der Waals surface area contributed by atoms with Crippen LogP contribution in [0.1, 0.15) is 13.8 Å². The largest absolute Gasteiger partial charge is 0.467 e. The van der Waals surface area contributed by atoms with E-state index < -0.39 is 17.3 Å². The molecule has 0 saturated heterocycles. The van der Waals surface area contributed by atoms with E-state index in [1.807, 2.05) is 0 Å². The molecule has 0 aliphatic rings. The molecule has 17 heavy (non-hydrogen) atoms. The molecular formula is C12H14FNO3. The molecule has 0 aromatic heterocycles. The zero-order valence-electron chi connectivity index (χ0n) is 9.91. The molecule has 1 atom stereocenters. The van der Waals surface area contributed by atoms with Gasteiger partial charge in [0.2, 0.25) is 0 Å². The Balaban J connectivity index is 2.99. The molecule has 0 amide bonds. The third-order valence-corrected chi connectivity index (χ3v) is 2.54. The second-order valence-corrected chi connectivity index (χ2v) is 3.80. The predicted octanol–water partition coefficient (Wildman–Crippen LogP) is 1.76. The fourth-order valence-electron chi connectivity index (χ4n) is 1.31. The lowest BCUT2D eigenvalue weighted by molar-refractivity contribution is -0.148. The highest BCUT2D eigenvalue weighted by atomic mass is 19.1. The van der Waals surface area contributed by atoms with Crippen molar-refractivity contribution in [3.8, 4) is 0 Å². The molecule has 0 fully saturated rings. The number of Topliss-reactive ketones (excluding diaryl/α,β-unsaturated/α-hetero) is 1. The number of ether oxygens (including phenoxy) is 1. The van der Waals surface area contributed by atoms with Crippen LogP contribution in [0.15, 0.2) is 24.3 Å². The van der Waals surface area contributed by atoms with Gasteiger partial charge in [0.15, 0.2) is 11.3 Å². The van der Waals surface area contributed by atoms with Crippen LogP contribution in [-0.2, 0) is 14.3 Å². The van der Waals surface area contributed by atoms with Gasteiger partial charge in [-0.1, -0.05) is 0 Å². The number of rotatable bonds is 4. The van der Waals surface area contributed by atoms with Gasteiger partial charge in [-0.3, -0.25) is 4.79 Å². The SMILES string of the molecule is COC(=O)C(C)(Nc1ccc(F)cc1)C(C)=O. The van der Waals surface area contributed by atoms with E-state index in [0.717, 1.165) is 0 Å². The molecule has 1 aromatic rings. The number of carbonyl (C=O) groups excluding carboxylic acids is 2. The highest BCUT2D eigenvalue weighted by Gasteiger charge is 2.39. The van der Waals surface area contributed by atoms with Crippen LogP contribution < -0.4 is 5.32 Å². The van der Waals surface area contributed by atoms with Crippen LogP contribution >= 0.6 is 0 Å². The molecule has 0 bridgehead atoms. The summed E-state index contributed by atoms with van der Waals surface area (Å²) in [6.07, 6.45) is 0. The number of anilines is 1. The van der Waals surface area contributed by atoms with E-state index in [-0.39, 0.29) is 5.78 Å². The van der Waals surface area contributed by atoms with E-state index in [2.05, 4.69) is 10.1 Å². The maximum absolute atomic E-state index is 12.7. The minimum Gasteiger partial charge on any atom is -0.467 e. The summed E-state index contributed by atoms with van der Waals surface area (Å²) >= 11 is 0. The third-order valence-electron chi connectivity index (χ3n) is 2.54. The topological polar surface area (TPSA) is 55.4 Å². The second-order valence-electron chi connectivity index (χ2n) is 3.80. The van der Waals surface area contributed by atoms with Gasteiger partial charge < -0.3 is 10.1 Å². The summed E-state index contributed by atoms with van der Waals surface area (Å²) < 4.78 is 17.3. The predicted molar refractivity (Wildman–Crippen MR) is 61.1 cm³/mol. The summed E-state index contributed by atoms with van der Waals surface area (Å²) in [5.74, 6) is -1.46. The van der Waals surface area contributed by atoms with Crippen molar-refractivity contribution in [3.05, 3.63) is 30.1 Å². The van der Waals surface area contributed by atoms with Gasteiger partial charge in [0, 0.05) is 5.69 Å². The summed E-state index contributed by atoms with van der Waals surface area (Å²) in [6.45, 7) is 2.71. The molecule has 0 radical (unpaired) electrons. The van der Waals surface area contributed by atoms with Gasteiger partial charge in [-0.25, -0.2) is 9.18 Å². The fraction of sp³-hybridized carbons (Fsp3) is 0.333. The number of hydrogen-bond acceptors (Lipinski definition) is 4. The number of benzene rings is 1. The van der Waals surface area contributed by atoms with Crippen molar-refractivity contribution in [2.45, 2.75) is 19.4 Å². The quantitative estimate of drug-likeness (QED) is 0.642. The van der Waals surface area contributed by atoms with Crippen LogP contribution in [-0.4, -0.2) is 24.4 Å². The Morgan fingerprint density at radius 1 is 1.29 bits per heavy atom. The summed E-state index contributed by atoms with van der Waals surface area (Å²) in [5, 5.41) is 2.74. The van der Waals surface area contributed by atoms with Crippen molar-refractivity contribution >= 4 is 17.4 Å². The minimum absolute atomic E-state index is 0.381. The van der Waals surface area contributed by atoms with Gasteiger partial charge in [-0.2, -0.15) is 0 Å². The van der Waals surface area contributed by atoms with E-state index in [1.54, 1.807) is 0 Å². The zero-order chi connectivity index (χ0) is 13.1. The minimum atomic E-state index is -1.47. The van der Waals surface area contributed by atoms with Crippen molar-refractivity contribution in [3.63, 3.8) is 0 Å². The first kappa shape index (κ1) is 13.2.